The van der Waals surface area contributed by atoms with E-state index < -0.39 is 63.2 Å². The number of benzene rings is 3. The van der Waals surface area contributed by atoms with Gasteiger partial charge in [0.2, 0.25) is 0 Å². The third-order valence-electron chi connectivity index (χ3n) is 5.11. The Morgan fingerprint density at radius 1 is 0.611 bits per heavy atom. The number of ether oxygens (including phenoxy) is 2. The second-order valence-electron chi connectivity index (χ2n) is 7.24. The van der Waals surface area contributed by atoms with Crippen LogP contribution in [-0.4, -0.2) is 26.2 Å². The van der Waals surface area contributed by atoms with E-state index in [0.29, 0.717) is 0 Å². The Kier molecular flexibility index (Phi) is 7.61. The van der Waals surface area contributed by atoms with Crippen molar-refractivity contribution >= 4 is 35.1 Å². The molecule has 0 spiro atoms. The summed E-state index contributed by atoms with van der Waals surface area (Å²) in [6.45, 7) is 0. The van der Waals surface area contributed by atoms with Crippen molar-refractivity contribution < 1.29 is 45.4 Å². The van der Waals surface area contributed by atoms with E-state index in [1.165, 1.54) is 12.1 Å². The first kappa shape index (κ1) is 27.3. The standard InChI is InChI=1S/C24H14Cl2F6O4/c1-35-21(33)17-15(11-3-7-13(25)8-4-11)19(23(27,28)29)16(12-5-9-14(26)10-6-12)20(24(30,31)32)18(17)22(34)36-2/h3-10H,1-2H3. The van der Waals surface area contributed by atoms with E-state index in [1.807, 2.05) is 0 Å². The average molecular weight is 551 g/mol. The molecule has 0 bridgehead atoms. The molecule has 0 aliphatic carbocycles. The Balaban J connectivity index is 2.79. The Morgan fingerprint density at radius 2 is 0.972 bits per heavy atom. The van der Waals surface area contributed by atoms with Gasteiger partial charge in [-0.2, -0.15) is 26.3 Å². The van der Waals surface area contributed by atoms with Crippen molar-refractivity contribution in [2.24, 2.45) is 0 Å². The number of carbonyl (C=O) groups is 2. The third kappa shape index (κ3) is 5.15. The van der Waals surface area contributed by atoms with Gasteiger partial charge in [-0.05, 0) is 35.4 Å². The van der Waals surface area contributed by atoms with Crippen LogP contribution in [0.5, 0.6) is 0 Å². The summed E-state index contributed by atoms with van der Waals surface area (Å²) >= 11 is 11.6. The molecule has 0 aromatic heterocycles. The van der Waals surface area contributed by atoms with E-state index in [-0.39, 0.29) is 15.6 Å². The Bertz CT molecular complexity index is 1320. The maximum absolute atomic E-state index is 14.7. The fraction of sp³-hybridized carbons (Fsp3) is 0.167. The molecule has 0 aliphatic rings. The molecular weight excluding hydrogens is 537 g/mol. The largest absolute Gasteiger partial charge is 0.465 e. The number of rotatable bonds is 4. The summed E-state index contributed by atoms with van der Waals surface area (Å²) in [5, 5.41) is 0.142. The number of alkyl halides is 6. The smallest absolute Gasteiger partial charge is 0.417 e. The van der Waals surface area contributed by atoms with Crippen molar-refractivity contribution in [1.29, 1.82) is 0 Å². The van der Waals surface area contributed by atoms with E-state index in [2.05, 4.69) is 9.47 Å². The van der Waals surface area contributed by atoms with Crippen LogP contribution in [0.3, 0.4) is 0 Å². The molecule has 0 saturated heterocycles. The van der Waals surface area contributed by atoms with E-state index in [4.69, 9.17) is 23.2 Å². The summed E-state index contributed by atoms with van der Waals surface area (Å²) in [6, 6.07) is 8.54. The quantitative estimate of drug-likeness (QED) is 0.244. The lowest BCUT2D eigenvalue weighted by Gasteiger charge is -2.27. The zero-order valence-corrected chi connectivity index (χ0v) is 19.8. The number of hydrogen-bond donors (Lipinski definition) is 0. The van der Waals surface area contributed by atoms with E-state index in [9.17, 15) is 35.9 Å². The Morgan fingerprint density at radius 3 is 1.33 bits per heavy atom. The Hall–Kier alpha value is -3.24. The van der Waals surface area contributed by atoms with Crippen molar-refractivity contribution in [3.05, 3.63) is 80.8 Å². The molecule has 0 radical (unpaired) electrons. The van der Waals surface area contributed by atoms with E-state index in [0.717, 1.165) is 50.6 Å². The van der Waals surface area contributed by atoms with Gasteiger partial charge in [0.1, 0.15) is 0 Å². The lowest BCUT2D eigenvalue weighted by atomic mass is 9.80. The fourth-order valence-corrected chi connectivity index (χ4v) is 3.99. The topological polar surface area (TPSA) is 52.6 Å². The van der Waals surface area contributed by atoms with Crippen molar-refractivity contribution in [2.75, 3.05) is 14.2 Å². The average Bonchev–Trinajstić information content (AvgIpc) is 2.81. The SMILES string of the molecule is COC(=O)c1c(C(=O)OC)c(C(F)(F)F)c(-c2ccc(Cl)cc2)c(C(F)(F)F)c1-c1ccc(Cl)cc1. The maximum atomic E-state index is 14.7. The normalized spacial score (nSPS) is 11.8. The van der Waals surface area contributed by atoms with E-state index in [1.54, 1.807) is 0 Å². The van der Waals surface area contributed by atoms with Crippen molar-refractivity contribution in [3.63, 3.8) is 0 Å². The first-order valence-electron chi connectivity index (χ1n) is 9.79. The molecule has 190 valence electrons. The first-order valence-corrected chi connectivity index (χ1v) is 10.5. The van der Waals surface area contributed by atoms with Gasteiger partial charge in [0.15, 0.2) is 0 Å². The van der Waals surface area contributed by atoms with Gasteiger partial charge in [0.25, 0.3) is 0 Å². The van der Waals surface area contributed by atoms with Crippen LogP contribution < -0.4 is 0 Å². The summed E-state index contributed by atoms with van der Waals surface area (Å²) in [6.07, 6.45) is -11.0. The lowest BCUT2D eigenvalue weighted by Crippen LogP contribution is -2.26. The zero-order chi connectivity index (χ0) is 27.0. The summed E-state index contributed by atoms with van der Waals surface area (Å²) in [5.74, 6) is -3.30. The van der Waals surface area contributed by atoms with Gasteiger partial charge in [-0.1, -0.05) is 47.5 Å². The van der Waals surface area contributed by atoms with Gasteiger partial charge < -0.3 is 9.47 Å². The van der Waals surface area contributed by atoms with Crippen molar-refractivity contribution in [2.45, 2.75) is 12.4 Å². The third-order valence-corrected chi connectivity index (χ3v) is 5.62. The minimum absolute atomic E-state index is 0.0400. The number of methoxy groups -OCH3 is 2. The highest BCUT2D eigenvalue weighted by atomic mass is 35.5. The Labute approximate surface area is 210 Å². The molecular formula is C24H14Cl2F6O4. The monoisotopic (exact) mass is 550 g/mol. The molecule has 0 amide bonds. The van der Waals surface area contributed by atoms with Crippen LogP contribution in [0.4, 0.5) is 26.3 Å². The van der Waals surface area contributed by atoms with Gasteiger partial charge in [-0.15, -0.1) is 0 Å². The number of esters is 2. The predicted molar refractivity (Wildman–Crippen MR) is 120 cm³/mol. The molecule has 12 heteroatoms. The van der Waals surface area contributed by atoms with Crippen LogP contribution in [-0.2, 0) is 21.8 Å². The molecule has 0 aliphatic heterocycles. The summed E-state index contributed by atoms with van der Waals surface area (Å²) in [4.78, 5) is 25.5. The van der Waals surface area contributed by atoms with Crippen LogP contribution in [0.2, 0.25) is 10.0 Å². The van der Waals surface area contributed by atoms with Crippen molar-refractivity contribution in [3.8, 4) is 22.3 Å². The number of hydrogen-bond acceptors (Lipinski definition) is 4. The molecule has 3 aromatic carbocycles. The minimum atomic E-state index is -5.54. The van der Waals surface area contributed by atoms with Crippen LogP contribution in [0.15, 0.2) is 48.5 Å². The van der Waals surface area contributed by atoms with Crippen LogP contribution in [0.1, 0.15) is 31.8 Å². The highest BCUT2D eigenvalue weighted by Gasteiger charge is 2.49. The van der Waals surface area contributed by atoms with Crippen LogP contribution >= 0.6 is 23.2 Å². The molecule has 36 heavy (non-hydrogen) atoms. The first-order chi connectivity index (χ1) is 16.7. The van der Waals surface area contributed by atoms with Gasteiger partial charge in [-0.25, -0.2) is 9.59 Å². The minimum Gasteiger partial charge on any atom is -0.465 e. The highest BCUT2D eigenvalue weighted by Crippen LogP contribution is 2.52. The summed E-state index contributed by atoms with van der Waals surface area (Å²) < 4.78 is 96.6. The fourth-order valence-electron chi connectivity index (χ4n) is 3.74. The second kappa shape index (κ2) is 10.0. The molecule has 0 N–H and O–H groups in total. The predicted octanol–water partition coefficient (Wildman–Crippen LogP) is 7.94. The summed E-state index contributed by atoms with van der Waals surface area (Å²) in [7, 11) is 1.48. The summed E-state index contributed by atoms with van der Waals surface area (Å²) in [5.41, 5.74) is -9.82. The molecule has 3 rings (SSSR count). The van der Waals surface area contributed by atoms with Crippen LogP contribution in [0.25, 0.3) is 22.3 Å². The van der Waals surface area contributed by atoms with Gasteiger partial charge in [0.05, 0.1) is 36.5 Å². The second-order valence-corrected chi connectivity index (χ2v) is 8.12. The van der Waals surface area contributed by atoms with Crippen molar-refractivity contribution in [1.82, 2.24) is 0 Å². The van der Waals surface area contributed by atoms with Gasteiger partial charge in [-0.3, -0.25) is 0 Å². The molecule has 0 saturated carbocycles. The number of halogens is 8. The van der Waals surface area contributed by atoms with Crippen LogP contribution in [0, 0.1) is 0 Å². The highest BCUT2D eigenvalue weighted by molar-refractivity contribution is 6.31. The molecule has 0 unspecified atom stereocenters. The van der Waals surface area contributed by atoms with Gasteiger partial charge >= 0.3 is 24.3 Å². The lowest BCUT2D eigenvalue weighted by molar-refractivity contribution is -0.142. The molecule has 0 heterocycles. The molecule has 0 atom stereocenters. The maximum Gasteiger partial charge on any atom is 0.417 e. The molecule has 4 nitrogen and oxygen atoms in total. The van der Waals surface area contributed by atoms with Gasteiger partial charge in [0, 0.05) is 21.2 Å². The number of carbonyl (C=O) groups excluding carboxylic acids is 2. The molecule has 0 fully saturated rings. The zero-order valence-electron chi connectivity index (χ0n) is 18.3. The molecule has 3 aromatic rings. The van der Waals surface area contributed by atoms with E-state index >= 15 is 0 Å².